The van der Waals surface area contributed by atoms with E-state index < -0.39 is 0 Å². The Morgan fingerprint density at radius 2 is 1.91 bits per heavy atom. The average molecular weight is 475 g/mol. The van der Waals surface area contributed by atoms with E-state index in [-0.39, 0.29) is 11.4 Å². The van der Waals surface area contributed by atoms with Crippen LogP contribution in [0, 0.1) is 0 Å². The molecule has 0 radical (unpaired) electrons. The zero-order valence-electron chi connectivity index (χ0n) is 20.3. The van der Waals surface area contributed by atoms with Crippen molar-refractivity contribution in [1.82, 2.24) is 24.6 Å². The number of ether oxygens (including phenoxy) is 1. The summed E-state index contributed by atoms with van der Waals surface area (Å²) >= 11 is 0. The molecule has 0 spiro atoms. The van der Waals surface area contributed by atoms with E-state index in [9.17, 15) is 4.79 Å². The number of aryl methyl sites for hydroxylation is 1. The first-order valence-corrected chi connectivity index (χ1v) is 11.9. The second-order valence-corrected chi connectivity index (χ2v) is 9.72. The Labute approximate surface area is 204 Å². The minimum atomic E-state index is -0.187. The molecule has 9 heteroatoms. The highest BCUT2D eigenvalue weighted by atomic mass is 16.5. The standard InChI is InChI=1S/C26H30N6O3/c1-26(2,3)30-24-20(25-29-21-6-4-5-7-22(21)35-25)14-18(15-27-24)19-16-28-32(17-19)9-8-23(33)31-10-12-34-13-11-31/h4-7,14-17H,8-13H2,1-3H3,(H,27,30). The van der Waals surface area contributed by atoms with Crippen LogP contribution in [-0.4, -0.2) is 62.4 Å². The normalized spacial score (nSPS) is 14.4. The summed E-state index contributed by atoms with van der Waals surface area (Å²) in [4.78, 5) is 23.7. The summed E-state index contributed by atoms with van der Waals surface area (Å²) < 4.78 is 13.2. The van der Waals surface area contributed by atoms with Crippen LogP contribution < -0.4 is 5.32 Å². The van der Waals surface area contributed by atoms with Gasteiger partial charge in [0.15, 0.2) is 5.58 Å². The lowest BCUT2D eigenvalue weighted by atomic mass is 10.1. The molecule has 0 saturated carbocycles. The quantitative estimate of drug-likeness (QED) is 0.447. The number of amides is 1. The summed E-state index contributed by atoms with van der Waals surface area (Å²) in [6, 6.07) is 9.72. The number of hydrogen-bond donors (Lipinski definition) is 1. The highest BCUT2D eigenvalue weighted by Gasteiger charge is 2.20. The molecule has 1 fully saturated rings. The van der Waals surface area contributed by atoms with Crippen molar-refractivity contribution in [3.8, 4) is 22.6 Å². The van der Waals surface area contributed by atoms with Crippen molar-refractivity contribution in [3.63, 3.8) is 0 Å². The number of morpholine rings is 1. The van der Waals surface area contributed by atoms with Gasteiger partial charge in [-0.1, -0.05) is 12.1 Å². The fourth-order valence-corrected chi connectivity index (χ4v) is 4.04. The van der Waals surface area contributed by atoms with Crippen molar-refractivity contribution in [2.24, 2.45) is 0 Å². The Balaban J connectivity index is 1.39. The number of carbonyl (C=O) groups excluding carboxylic acids is 1. The third kappa shape index (κ3) is 5.35. The van der Waals surface area contributed by atoms with Crippen LogP contribution >= 0.6 is 0 Å². The number of oxazole rings is 1. The van der Waals surface area contributed by atoms with Crippen LogP contribution in [0.5, 0.6) is 0 Å². The summed E-state index contributed by atoms with van der Waals surface area (Å²) in [6.45, 7) is 9.29. The van der Waals surface area contributed by atoms with Gasteiger partial charge in [-0.05, 0) is 39.0 Å². The lowest BCUT2D eigenvalue weighted by Crippen LogP contribution is -2.40. The molecular formula is C26H30N6O3. The van der Waals surface area contributed by atoms with Gasteiger partial charge in [0.25, 0.3) is 0 Å². The average Bonchev–Trinajstić information content (AvgIpc) is 3.49. The molecule has 9 nitrogen and oxygen atoms in total. The molecule has 5 rings (SSSR count). The molecule has 1 aliphatic heterocycles. The van der Waals surface area contributed by atoms with Gasteiger partial charge < -0.3 is 19.4 Å². The predicted octanol–water partition coefficient (Wildman–Crippen LogP) is 4.21. The number of fused-ring (bicyclic) bond motifs is 1. The monoisotopic (exact) mass is 474 g/mol. The fraction of sp³-hybridized carbons (Fsp3) is 0.385. The fourth-order valence-electron chi connectivity index (χ4n) is 4.04. The Kier molecular flexibility index (Phi) is 6.25. The SMILES string of the molecule is CC(C)(C)Nc1ncc(-c2cnn(CCC(=O)N3CCOCC3)c2)cc1-c1nc2ccccc2o1. The minimum Gasteiger partial charge on any atom is -0.436 e. The Hall–Kier alpha value is -3.72. The van der Waals surface area contributed by atoms with Crippen molar-refractivity contribution >= 4 is 22.8 Å². The molecule has 3 aromatic heterocycles. The van der Waals surface area contributed by atoms with E-state index in [1.165, 1.54) is 0 Å². The van der Waals surface area contributed by atoms with E-state index in [0.29, 0.717) is 51.0 Å². The molecule has 35 heavy (non-hydrogen) atoms. The van der Waals surface area contributed by atoms with Gasteiger partial charge in [0.05, 0.1) is 25.0 Å². The zero-order valence-corrected chi connectivity index (χ0v) is 20.3. The van der Waals surface area contributed by atoms with Crippen molar-refractivity contribution in [1.29, 1.82) is 0 Å². The summed E-state index contributed by atoms with van der Waals surface area (Å²) in [5.41, 5.74) is 3.93. The number of anilines is 1. The maximum Gasteiger partial charge on any atom is 0.231 e. The number of nitrogens with one attached hydrogen (secondary N) is 1. The Bertz CT molecular complexity index is 1300. The van der Waals surface area contributed by atoms with E-state index in [1.807, 2.05) is 47.6 Å². The lowest BCUT2D eigenvalue weighted by molar-refractivity contribution is -0.135. The first-order chi connectivity index (χ1) is 16.9. The zero-order chi connectivity index (χ0) is 24.4. The van der Waals surface area contributed by atoms with Crippen molar-refractivity contribution in [3.05, 3.63) is 48.9 Å². The second-order valence-electron chi connectivity index (χ2n) is 9.72. The number of nitrogens with zero attached hydrogens (tertiary/aromatic N) is 5. The van der Waals surface area contributed by atoms with Gasteiger partial charge in [0, 0.05) is 55.1 Å². The van der Waals surface area contributed by atoms with Gasteiger partial charge in [-0.15, -0.1) is 0 Å². The van der Waals surface area contributed by atoms with E-state index >= 15 is 0 Å². The van der Waals surface area contributed by atoms with Crippen LogP contribution in [0.4, 0.5) is 5.82 Å². The third-order valence-corrected chi connectivity index (χ3v) is 5.79. The summed E-state index contributed by atoms with van der Waals surface area (Å²) in [7, 11) is 0. The number of para-hydroxylation sites is 2. The van der Waals surface area contributed by atoms with E-state index in [4.69, 9.17) is 14.1 Å². The summed E-state index contributed by atoms with van der Waals surface area (Å²) in [5.74, 6) is 1.34. The summed E-state index contributed by atoms with van der Waals surface area (Å²) in [6.07, 6.45) is 5.96. The molecule has 0 atom stereocenters. The number of rotatable bonds is 6. The van der Waals surface area contributed by atoms with Gasteiger partial charge in [-0.2, -0.15) is 5.10 Å². The molecule has 0 aliphatic carbocycles. The molecule has 1 aromatic carbocycles. The van der Waals surface area contributed by atoms with Crippen molar-refractivity contribution in [2.45, 2.75) is 39.3 Å². The highest BCUT2D eigenvalue weighted by molar-refractivity contribution is 5.81. The van der Waals surface area contributed by atoms with Gasteiger partial charge in [0.2, 0.25) is 11.8 Å². The first-order valence-electron chi connectivity index (χ1n) is 11.9. The molecule has 1 N–H and O–H groups in total. The summed E-state index contributed by atoms with van der Waals surface area (Å²) in [5, 5.41) is 7.92. The molecular weight excluding hydrogens is 444 g/mol. The number of carbonyl (C=O) groups is 1. The number of pyridine rings is 1. The van der Waals surface area contributed by atoms with Crippen LogP contribution in [0.3, 0.4) is 0 Å². The molecule has 1 saturated heterocycles. The second kappa shape index (κ2) is 9.50. The van der Waals surface area contributed by atoms with E-state index in [0.717, 1.165) is 27.8 Å². The largest absolute Gasteiger partial charge is 0.436 e. The number of hydrogen-bond acceptors (Lipinski definition) is 7. The molecule has 4 heterocycles. The first kappa shape index (κ1) is 23.0. The molecule has 0 unspecified atom stereocenters. The Morgan fingerprint density at radius 1 is 1.11 bits per heavy atom. The number of aromatic nitrogens is 4. The predicted molar refractivity (Wildman–Crippen MR) is 134 cm³/mol. The van der Waals surface area contributed by atoms with Crippen molar-refractivity contribution in [2.75, 3.05) is 31.6 Å². The third-order valence-electron chi connectivity index (χ3n) is 5.79. The van der Waals surface area contributed by atoms with E-state index in [2.05, 4.69) is 36.2 Å². The lowest BCUT2D eigenvalue weighted by Gasteiger charge is -2.26. The van der Waals surface area contributed by atoms with Crippen LogP contribution in [0.2, 0.25) is 0 Å². The maximum absolute atomic E-state index is 12.5. The molecule has 4 aromatic rings. The van der Waals surface area contributed by atoms with Gasteiger partial charge >= 0.3 is 0 Å². The van der Waals surface area contributed by atoms with Crippen molar-refractivity contribution < 1.29 is 13.9 Å². The topological polar surface area (TPSA) is 98.3 Å². The Morgan fingerprint density at radius 3 is 2.69 bits per heavy atom. The highest BCUT2D eigenvalue weighted by Crippen LogP contribution is 2.33. The van der Waals surface area contributed by atoms with Crippen LogP contribution in [0.25, 0.3) is 33.7 Å². The van der Waals surface area contributed by atoms with Gasteiger partial charge in [-0.3, -0.25) is 9.48 Å². The van der Waals surface area contributed by atoms with Gasteiger partial charge in [0.1, 0.15) is 11.3 Å². The maximum atomic E-state index is 12.5. The van der Waals surface area contributed by atoms with Crippen LogP contribution in [0.1, 0.15) is 27.2 Å². The molecule has 1 amide bonds. The molecule has 1 aliphatic rings. The molecule has 182 valence electrons. The van der Waals surface area contributed by atoms with Gasteiger partial charge in [-0.25, -0.2) is 9.97 Å². The smallest absolute Gasteiger partial charge is 0.231 e. The van der Waals surface area contributed by atoms with Crippen LogP contribution in [0.15, 0.2) is 53.3 Å². The minimum absolute atomic E-state index is 0.128. The van der Waals surface area contributed by atoms with Crippen LogP contribution in [-0.2, 0) is 16.1 Å². The van der Waals surface area contributed by atoms with E-state index in [1.54, 1.807) is 10.9 Å². The molecule has 0 bridgehead atoms. The number of benzene rings is 1.